The van der Waals surface area contributed by atoms with Crippen molar-refractivity contribution < 1.29 is 24.7 Å². The normalized spacial score (nSPS) is 21.3. The van der Waals surface area contributed by atoms with Crippen LogP contribution in [0.4, 0.5) is 5.69 Å². The number of nitrogens with one attached hydrogen (secondary N) is 2. The second-order valence-electron chi connectivity index (χ2n) is 9.20. The van der Waals surface area contributed by atoms with Crippen LogP contribution in [0.15, 0.2) is 46.8 Å². The summed E-state index contributed by atoms with van der Waals surface area (Å²) < 4.78 is 0. The average molecular weight is 487 g/mol. The number of carbonyl (C=O) groups is 2. The lowest BCUT2D eigenvalue weighted by atomic mass is 9.79. The van der Waals surface area contributed by atoms with Gasteiger partial charge < -0.3 is 20.8 Å². The van der Waals surface area contributed by atoms with Gasteiger partial charge in [-0.2, -0.15) is 0 Å². The first kappa shape index (κ1) is 26.4. The zero-order valence-electron chi connectivity index (χ0n) is 20.2. The van der Waals surface area contributed by atoms with Gasteiger partial charge in [0.05, 0.1) is 16.9 Å². The molecule has 0 spiro atoms. The van der Waals surface area contributed by atoms with Gasteiger partial charge in [0, 0.05) is 61.7 Å². The molecule has 2 heterocycles. The molecule has 3 aliphatic rings. The Morgan fingerprint density at radius 1 is 1.11 bits per heavy atom. The van der Waals surface area contributed by atoms with E-state index >= 15 is 0 Å². The number of carboxylic acids is 2. The van der Waals surface area contributed by atoms with Crippen LogP contribution in [0.25, 0.3) is 0 Å². The zero-order chi connectivity index (χ0) is 25.5. The Morgan fingerprint density at radius 3 is 2.34 bits per heavy atom. The lowest BCUT2D eigenvalue weighted by molar-refractivity contribution is -0.384. The quantitative estimate of drug-likeness (QED) is 0.352. The summed E-state index contributed by atoms with van der Waals surface area (Å²) in [6, 6.07) is 6.54. The summed E-state index contributed by atoms with van der Waals surface area (Å²) in [6.45, 7) is 8.21. The van der Waals surface area contributed by atoms with Crippen molar-refractivity contribution in [1.29, 1.82) is 0 Å². The van der Waals surface area contributed by atoms with Gasteiger partial charge >= 0.3 is 11.9 Å². The molecule has 4 rings (SSSR count). The van der Waals surface area contributed by atoms with Crippen LogP contribution in [0.3, 0.4) is 0 Å². The van der Waals surface area contributed by atoms with Crippen LogP contribution in [-0.2, 0) is 9.59 Å². The Labute approximate surface area is 204 Å². The molecule has 2 fully saturated rings. The highest BCUT2D eigenvalue weighted by Crippen LogP contribution is 2.40. The Balaban J connectivity index is 0.000000256. The molecular formula is C25H34N4O6. The molecule has 35 heavy (non-hydrogen) atoms. The number of hydrogen-bond acceptors (Lipinski definition) is 7. The Hall–Kier alpha value is -3.24. The fourth-order valence-electron chi connectivity index (χ4n) is 5.22. The predicted octanol–water partition coefficient (Wildman–Crippen LogP) is 3.22. The molecular weight excluding hydrogens is 452 g/mol. The Morgan fingerprint density at radius 2 is 1.77 bits per heavy atom. The average Bonchev–Trinajstić information content (AvgIpc) is 3.36. The van der Waals surface area contributed by atoms with Crippen LogP contribution in [0.1, 0.15) is 57.4 Å². The Kier molecular flexibility index (Phi) is 9.00. The molecule has 10 nitrogen and oxygen atoms in total. The molecule has 2 aliphatic heterocycles. The maximum Gasteiger partial charge on any atom is 0.334 e. The van der Waals surface area contributed by atoms with Crippen molar-refractivity contribution in [3.8, 4) is 0 Å². The highest BCUT2D eigenvalue weighted by molar-refractivity contribution is 5.91. The van der Waals surface area contributed by atoms with Crippen molar-refractivity contribution in [3.63, 3.8) is 0 Å². The Bertz CT molecular complexity index is 1020. The molecule has 0 radical (unpaired) electrons. The van der Waals surface area contributed by atoms with Gasteiger partial charge in [0.15, 0.2) is 0 Å². The van der Waals surface area contributed by atoms with Crippen molar-refractivity contribution in [2.75, 3.05) is 26.2 Å². The number of rotatable bonds is 6. The van der Waals surface area contributed by atoms with Gasteiger partial charge in [-0.3, -0.25) is 19.8 Å². The number of hydrogen-bond donors (Lipinski definition) is 4. The highest BCUT2D eigenvalue weighted by Gasteiger charge is 2.34. The summed E-state index contributed by atoms with van der Waals surface area (Å²) >= 11 is 0. The van der Waals surface area contributed by atoms with Crippen LogP contribution < -0.4 is 10.6 Å². The van der Waals surface area contributed by atoms with Gasteiger partial charge in [-0.05, 0) is 37.8 Å². The molecule has 0 amide bonds. The van der Waals surface area contributed by atoms with Crippen LogP contribution in [-0.4, -0.2) is 64.2 Å². The van der Waals surface area contributed by atoms with E-state index in [-0.39, 0.29) is 17.7 Å². The summed E-state index contributed by atoms with van der Waals surface area (Å²) in [5.41, 5.74) is 1.46. The fraction of sp³-hybridized carbons (Fsp3) is 0.520. The largest absolute Gasteiger partial charge is 0.481 e. The second-order valence-corrected chi connectivity index (χ2v) is 9.20. The molecule has 1 aromatic carbocycles. The van der Waals surface area contributed by atoms with Gasteiger partial charge in [-0.1, -0.05) is 25.0 Å². The van der Waals surface area contributed by atoms with E-state index in [0.717, 1.165) is 6.04 Å². The molecule has 4 N–H and O–H groups in total. The van der Waals surface area contributed by atoms with Crippen molar-refractivity contribution >= 4 is 17.6 Å². The van der Waals surface area contributed by atoms with Crippen LogP contribution >= 0.6 is 0 Å². The highest BCUT2D eigenvalue weighted by atomic mass is 16.6. The molecule has 1 atom stereocenters. The fourth-order valence-corrected chi connectivity index (χ4v) is 5.22. The number of nitro groups is 1. The van der Waals surface area contributed by atoms with E-state index in [1.807, 2.05) is 0 Å². The maximum atomic E-state index is 11.7. The third-order valence-electron chi connectivity index (χ3n) is 6.88. The summed E-state index contributed by atoms with van der Waals surface area (Å²) in [5.74, 6) is -3.17. The van der Waals surface area contributed by atoms with Gasteiger partial charge in [-0.15, -0.1) is 0 Å². The number of benzene rings is 1. The summed E-state index contributed by atoms with van der Waals surface area (Å²) in [6.07, 6.45) is 5.49. The standard InChI is InChI=1S/C16H16N2O6.C9H18N2/c1-8-12(7-13(19)20)15(14(16(21)22)9(2)17-8)10-4-3-5-11(6-10)18(23)24;1-2-4-9(3-1)11-7-5-10-6-8-11/h3-6,15,17H,7H2,1-2H3,(H,19,20)(H,21,22);9-10H,1-8H2. The second kappa shape index (κ2) is 11.9. The number of aliphatic carboxylic acids is 2. The van der Waals surface area contributed by atoms with Gasteiger partial charge in [0.25, 0.3) is 5.69 Å². The van der Waals surface area contributed by atoms with Gasteiger partial charge in [0.2, 0.25) is 0 Å². The van der Waals surface area contributed by atoms with E-state index in [9.17, 15) is 24.8 Å². The maximum absolute atomic E-state index is 11.7. The molecule has 10 heteroatoms. The molecule has 1 unspecified atom stereocenters. The minimum Gasteiger partial charge on any atom is -0.481 e. The number of piperazine rings is 1. The summed E-state index contributed by atoms with van der Waals surface area (Å²) in [7, 11) is 0. The van der Waals surface area contributed by atoms with Gasteiger partial charge in [0.1, 0.15) is 0 Å². The van der Waals surface area contributed by atoms with Crippen LogP contribution in [0.2, 0.25) is 0 Å². The lowest BCUT2D eigenvalue weighted by Gasteiger charge is -2.32. The SMILES string of the molecule is C1CCC(N2CCNCC2)C1.CC1=C(CC(=O)O)C(c2cccc([N+](=O)[O-])c2)C(C(=O)O)=C(C)N1. The predicted molar refractivity (Wildman–Crippen MR) is 131 cm³/mol. The summed E-state index contributed by atoms with van der Waals surface area (Å²) in [4.78, 5) is 36.0. The number of nitrogens with zero attached hydrogens (tertiary/aromatic N) is 2. The molecule has 1 aliphatic carbocycles. The summed E-state index contributed by atoms with van der Waals surface area (Å²) in [5, 5.41) is 36.0. The van der Waals surface area contributed by atoms with Gasteiger partial charge in [-0.25, -0.2) is 4.79 Å². The smallest absolute Gasteiger partial charge is 0.334 e. The topological polar surface area (TPSA) is 145 Å². The minimum atomic E-state index is -1.20. The van der Waals surface area contributed by atoms with E-state index in [0.29, 0.717) is 22.5 Å². The van der Waals surface area contributed by atoms with E-state index in [1.165, 1.54) is 70.1 Å². The van der Waals surface area contributed by atoms with E-state index in [2.05, 4.69) is 15.5 Å². The van der Waals surface area contributed by atoms with Crippen molar-refractivity contribution in [2.24, 2.45) is 0 Å². The third kappa shape index (κ3) is 6.67. The molecule has 1 saturated carbocycles. The number of carboxylic acid groups (broad SMARTS) is 2. The van der Waals surface area contributed by atoms with E-state index in [4.69, 9.17) is 5.11 Å². The van der Waals surface area contributed by atoms with Crippen molar-refractivity contribution in [3.05, 3.63) is 62.5 Å². The number of nitro benzene ring substituents is 1. The lowest BCUT2D eigenvalue weighted by Crippen LogP contribution is -2.47. The third-order valence-corrected chi connectivity index (χ3v) is 6.88. The molecule has 190 valence electrons. The first-order valence-corrected chi connectivity index (χ1v) is 12.0. The molecule has 0 bridgehead atoms. The van der Waals surface area contributed by atoms with Crippen LogP contribution in [0, 0.1) is 10.1 Å². The van der Waals surface area contributed by atoms with Crippen LogP contribution in [0.5, 0.6) is 0 Å². The number of allylic oxidation sites excluding steroid dienone is 2. The molecule has 0 aromatic heterocycles. The van der Waals surface area contributed by atoms with E-state index < -0.39 is 22.8 Å². The number of dihydropyridines is 1. The molecule has 1 saturated heterocycles. The van der Waals surface area contributed by atoms with E-state index in [1.54, 1.807) is 19.9 Å². The first-order chi connectivity index (χ1) is 16.7. The number of non-ortho nitro benzene ring substituents is 1. The van der Waals surface area contributed by atoms with Crippen molar-refractivity contribution in [2.45, 2.75) is 57.9 Å². The van der Waals surface area contributed by atoms with Crippen molar-refractivity contribution in [1.82, 2.24) is 15.5 Å². The zero-order valence-corrected chi connectivity index (χ0v) is 20.2. The minimum absolute atomic E-state index is 0.0163. The first-order valence-electron chi connectivity index (χ1n) is 12.0. The molecule has 1 aromatic rings. The monoisotopic (exact) mass is 486 g/mol.